The summed E-state index contributed by atoms with van der Waals surface area (Å²) in [5.41, 5.74) is 5.83. The first kappa shape index (κ1) is 28.8. The molecule has 0 aliphatic heterocycles. The van der Waals surface area contributed by atoms with E-state index in [9.17, 15) is 5.11 Å². The predicted molar refractivity (Wildman–Crippen MR) is 157 cm³/mol. The molecule has 0 aromatic heterocycles. The van der Waals surface area contributed by atoms with Gasteiger partial charge in [0, 0.05) is 37.9 Å². The molecule has 3 aromatic carbocycles. The van der Waals surface area contributed by atoms with Gasteiger partial charge >= 0.3 is 0 Å². The number of benzene rings is 3. The maximum absolute atomic E-state index is 15.0. The van der Waals surface area contributed by atoms with Crippen LogP contribution in [-0.4, -0.2) is 50.4 Å². The van der Waals surface area contributed by atoms with Crippen molar-refractivity contribution in [3.05, 3.63) is 82.7 Å². The van der Waals surface area contributed by atoms with Crippen molar-refractivity contribution in [2.75, 3.05) is 45.3 Å². The summed E-state index contributed by atoms with van der Waals surface area (Å²) >= 11 is 0. The predicted octanol–water partition coefficient (Wildman–Crippen LogP) is 6.81. The summed E-state index contributed by atoms with van der Waals surface area (Å²) in [6.45, 7) is 10.1. The molecule has 5 nitrogen and oxygen atoms in total. The number of aromatic hydroxyl groups is 1. The third kappa shape index (κ3) is 7.45. The average Bonchev–Trinajstić information content (AvgIpc) is 2.91. The molecule has 6 heteroatoms. The van der Waals surface area contributed by atoms with Gasteiger partial charge in [-0.15, -0.1) is 0 Å². The van der Waals surface area contributed by atoms with E-state index < -0.39 is 0 Å². The topological polar surface area (TPSA) is 45.2 Å². The Labute approximate surface area is 233 Å². The zero-order valence-electron chi connectivity index (χ0n) is 24.0. The molecular formula is C33H43FN2O3. The normalized spacial score (nSPS) is 14.9. The van der Waals surface area contributed by atoms with E-state index in [4.69, 9.17) is 9.47 Å². The van der Waals surface area contributed by atoms with Crippen LogP contribution < -0.4 is 14.4 Å². The van der Waals surface area contributed by atoms with Crippen molar-refractivity contribution in [3.63, 3.8) is 0 Å². The van der Waals surface area contributed by atoms with Crippen molar-refractivity contribution in [1.82, 2.24) is 4.90 Å². The van der Waals surface area contributed by atoms with Crippen molar-refractivity contribution in [1.29, 1.82) is 0 Å². The molecule has 39 heavy (non-hydrogen) atoms. The Hall–Kier alpha value is -3.25. The third-order valence-electron chi connectivity index (χ3n) is 7.60. The molecule has 1 aliphatic carbocycles. The Bertz CT molecular complexity index is 1250. The number of methoxy groups -OCH3 is 1. The van der Waals surface area contributed by atoms with Gasteiger partial charge in [0.25, 0.3) is 0 Å². The van der Waals surface area contributed by atoms with Crippen molar-refractivity contribution in [3.8, 4) is 17.2 Å². The van der Waals surface area contributed by atoms with Crippen LogP contribution in [-0.2, 0) is 19.4 Å². The number of hydrogen-bond donors (Lipinski definition) is 1. The lowest BCUT2D eigenvalue weighted by molar-refractivity contribution is 0.217. The summed E-state index contributed by atoms with van der Waals surface area (Å²) in [6.07, 6.45) is 2.88. The SMILES string of the molecule is CCN(Cc1ccc(OCCN(C)CC(C)C)c(F)c1)c1cc(OC)ccc1C1CCc2cc(O)ccc2C1. The van der Waals surface area contributed by atoms with Gasteiger partial charge in [0.05, 0.1) is 7.11 Å². The molecular weight excluding hydrogens is 491 g/mol. The van der Waals surface area contributed by atoms with Crippen LogP contribution in [0.4, 0.5) is 10.1 Å². The van der Waals surface area contributed by atoms with Crippen LogP contribution in [0, 0.1) is 11.7 Å². The molecule has 0 spiro atoms. The summed E-state index contributed by atoms with van der Waals surface area (Å²) in [7, 11) is 3.75. The molecule has 0 radical (unpaired) electrons. The highest BCUT2D eigenvalue weighted by Gasteiger charge is 2.25. The number of aryl methyl sites for hydroxylation is 1. The lowest BCUT2D eigenvalue weighted by Gasteiger charge is -2.32. The molecule has 1 N–H and O–H groups in total. The van der Waals surface area contributed by atoms with E-state index in [0.29, 0.717) is 36.5 Å². The van der Waals surface area contributed by atoms with Gasteiger partial charge in [-0.25, -0.2) is 4.39 Å². The van der Waals surface area contributed by atoms with Gasteiger partial charge in [-0.1, -0.05) is 32.0 Å². The number of ether oxygens (including phenoxy) is 2. The van der Waals surface area contributed by atoms with Gasteiger partial charge in [0.1, 0.15) is 18.1 Å². The minimum absolute atomic E-state index is 0.300. The Morgan fingerprint density at radius 3 is 2.59 bits per heavy atom. The van der Waals surface area contributed by atoms with E-state index in [1.165, 1.54) is 16.7 Å². The molecule has 0 heterocycles. The number of halogens is 1. The molecule has 1 atom stereocenters. The molecule has 0 saturated heterocycles. The maximum Gasteiger partial charge on any atom is 0.165 e. The van der Waals surface area contributed by atoms with Crippen LogP contribution in [0.3, 0.4) is 0 Å². The highest BCUT2D eigenvalue weighted by molar-refractivity contribution is 5.60. The number of anilines is 1. The molecule has 0 fully saturated rings. The van der Waals surface area contributed by atoms with Gasteiger partial charge in [-0.2, -0.15) is 0 Å². The van der Waals surface area contributed by atoms with Crippen molar-refractivity contribution in [2.24, 2.45) is 5.92 Å². The molecule has 210 valence electrons. The van der Waals surface area contributed by atoms with Crippen LogP contribution in [0.25, 0.3) is 0 Å². The smallest absolute Gasteiger partial charge is 0.165 e. The summed E-state index contributed by atoms with van der Waals surface area (Å²) in [5, 5.41) is 9.89. The lowest BCUT2D eigenvalue weighted by atomic mass is 9.79. The van der Waals surface area contributed by atoms with Crippen LogP contribution >= 0.6 is 0 Å². The fraction of sp³-hybridized carbons (Fsp3) is 0.455. The number of hydrogen-bond acceptors (Lipinski definition) is 5. The van der Waals surface area contributed by atoms with E-state index in [0.717, 1.165) is 55.9 Å². The average molecular weight is 535 g/mol. The van der Waals surface area contributed by atoms with Gasteiger partial charge in [0.2, 0.25) is 0 Å². The highest BCUT2D eigenvalue weighted by atomic mass is 19.1. The quantitative estimate of drug-likeness (QED) is 0.277. The number of phenolic OH excluding ortho intramolecular Hbond substituents is 1. The molecule has 0 saturated carbocycles. The van der Waals surface area contributed by atoms with E-state index in [-0.39, 0.29) is 5.82 Å². The number of likely N-dealkylation sites (N-methyl/N-ethyl adjacent to an activating group) is 1. The van der Waals surface area contributed by atoms with Crippen molar-refractivity contribution >= 4 is 5.69 Å². The highest BCUT2D eigenvalue weighted by Crippen LogP contribution is 2.40. The zero-order valence-corrected chi connectivity index (χ0v) is 24.0. The molecule has 0 amide bonds. The van der Waals surface area contributed by atoms with Gasteiger partial charge in [-0.05, 0) is 97.7 Å². The van der Waals surface area contributed by atoms with Crippen LogP contribution in [0.15, 0.2) is 54.6 Å². The Morgan fingerprint density at radius 2 is 1.87 bits per heavy atom. The van der Waals surface area contributed by atoms with Gasteiger partial charge < -0.3 is 24.4 Å². The van der Waals surface area contributed by atoms with E-state index in [2.05, 4.69) is 49.8 Å². The summed E-state index contributed by atoms with van der Waals surface area (Å²) < 4.78 is 26.4. The maximum atomic E-state index is 15.0. The van der Waals surface area contributed by atoms with E-state index in [1.54, 1.807) is 25.3 Å². The number of nitrogens with zero attached hydrogens (tertiary/aromatic N) is 2. The third-order valence-corrected chi connectivity index (χ3v) is 7.60. The Morgan fingerprint density at radius 1 is 1.05 bits per heavy atom. The van der Waals surface area contributed by atoms with Crippen LogP contribution in [0.5, 0.6) is 17.2 Å². The largest absolute Gasteiger partial charge is 0.508 e. The monoisotopic (exact) mass is 534 g/mol. The fourth-order valence-electron chi connectivity index (χ4n) is 5.65. The lowest BCUT2D eigenvalue weighted by Crippen LogP contribution is -2.28. The standard InChI is InChI=1S/C33H43FN2O3/c1-6-36(22-24-7-14-33(31(34)17-24)39-16-15-35(4)21-23(2)3)32-20-29(38-5)12-13-30(32)27-9-8-26-19-28(37)11-10-25(26)18-27/h7,10-14,17,19-20,23,27,37H,6,8-9,15-16,18,21-22H2,1-5H3. The fourth-order valence-corrected chi connectivity index (χ4v) is 5.65. The molecule has 3 aromatic rings. The van der Waals surface area contributed by atoms with E-state index >= 15 is 4.39 Å². The second-order valence-corrected chi connectivity index (χ2v) is 11.1. The summed E-state index contributed by atoms with van der Waals surface area (Å²) in [6, 6.07) is 17.3. The van der Waals surface area contributed by atoms with Gasteiger partial charge in [-0.3, -0.25) is 0 Å². The first-order valence-electron chi connectivity index (χ1n) is 14.1. The second-order valence-electron chi connectivity index (χ2n) is 11.1. The summed E-state index contributed by atoms with van der Waals surface area (Å²) in [4.78, 5) is 4.50. The molecule has 0 bridgehead atoms. The summed E-state index contributed by atoms with van der Waals surface area (Å²) in [5.74, 6) is 2.06. The van der Waals surface area contributed by atoms with Crippen molar-refractivity contribution < 1.29 is 19.0 Å². The van der Waals surface area contributed by atoms with Gasteiger partial charge in [0.15, 0.2) is 11.6 Å². The minimum atomic E-state index is -0.326. The molecule has 1 aliphatic rings. The molecule has 1 unspecified atom stereocenters. The Kier molecular flexibility index (Phi) is 9.73. The van der Waals surface area contributed by atoms with Crippen LogP contribution in [0.1, 0.15) is 55.4 Å². The molecule has 4 rings (SSSR count). The first-order valence-corrected chi connectivity index (χ1v) is 14.1. The number of rotatable bonds is 12. The zero-order chi connectivity index (χ0) is 27.9. The minimum Gasteiger partial charge on any atom is -0.508 e. The second kappa shape index (κ2) is 13.2. The Balaban J connectivity index is 1.50. The first-order chi connectivity index (χ1) is 18.8. The van der Waals surface area contributed by atoms with Crippen molar-refractivity contribution in [2.45, 2.75) is 52.5 Å². The van der Waals surface area contributed by atoms with Crippen LogP contribution in [0.2, 0.25) is 0 Å². The number of fused-ring (bicyclic) bond motifs is 1. The van der Waals surface area contributed by atoms with E-state index in [1.807, 2.05) is 24.3 Å². The number of phenols is 1.